The maximum atomic E-state index is 12.9. The minimum absolute atomic E-state index is 0.182. The van der Waals surface area contributed by atoms with Crippen molar-refractivity contribution in [3.8, 4) is 5.75 Å². The van der Waals surface area contributed by atoms with Crippen molar-refractivity contribution in [2.24, 2.45) is 5.10 Å². The Morgan fingerprint density at radius 2 is 1.97 bits per heavy atom. The molecule has 0 spiro atoms. The van der Waals surface area contributed by atoms with Crippen LogP contribution >= 0.6 is 22.9 Å². The summed E-state index contributed by atoms with van der Waals surface area (Å²) in [4.78, 5) is 25.2. The molecule has 2 heterocycles. The van der Waals surface area contributed by atoms with Crippen molar-refractivity contribution in [2.45, 2.75) is 12.5 Å². The first-order valence-electron chi connectivity index (χ1n) is 9.01. The number of amides is 1. The molecular weight excluding hydrogens is 408 g/mol. The van der Waals surface area contributed by atoms with E-state index in [2.05, 4.69) is 5.10 Å². The molecule has 3 aromatic rings. The summed E-state index contributed by atoms with van der Waals surface area (Å²) in [5.74, 6) is 0.109. The third-order valence-electron chi connectivity index (χ3n) is 4.61. The number of rotatable bonds is 6. The topological polar surface area (TPSA) is 59.0 Å². The maximum Gasteiger partial charge on any atom is 0.281 e. The van der Waals surface area contributed by atoms with Gasteiger partial charge < -0.3 is 4.74 Å². The number of carbonyl (C=O) groups excluding carboxylic acids is 2. The highest BCUT2D eigenvalue weighted by molar-refractivity contribution is 7.10. The number of aldehydes is 1. The number of hydrogen-bond acceptors (Lipinski definition) is 5. The van der Waals surface area contributed by atoms with Crippen LogP contribution in [0.15, 0.2) is 71.1 Å². The van der Waals surface area contributed by atoms with Crippen molar-refractivity contribution in [1.82, 2.24) is 5.01 Å². The van der Waals surface area contributed by atoms with Crippen LogP contribution in [0.4, 0.5) is 0 Å². The van der Waals surface area contributed by atoms with Crippen molar-refractivity contribution in [2.75, 3.05) is 6.61 Å². The van der Waals surface area contributed by atoms with Crippen LogP contribution in [0.3, 0.4) is 0 Å². The van der Waals surface area contributed by atoms with Crippen molar-refractivity contribution in [3.05, 3.63) is 87.1 Å². The number of halogens is 1. The fourth-order valence-corrected chi connectivity index (χ4v) is 4.11. The molecule has 5 nitrogen and oxygen atoms in total. The second-order valence-corrected chi connectivity index (χ2v) is 7.89. The van der Waals surface area contributed by atoms with Crippen molar-refractivity contribution in [1.29, 1.82) is 0 Å². The lowest BCUT2D eigenvalue weighted by molar-refractivity contribution is -0.135. The molecule has 2 aromatic carbocycles. The number of carbonyl (C=O) groups is 2. The monoisotopic (exact) mass is 424 g/mol. The number of nitrogens with zero attached hydrogens (tertiary/aromatic N) is 2. The standard InChI is InChI=1S/C22H17ClN2O3S/c23-17-9-7-15(8-10-17)18-12-19(21-6-3-11-29-21)25(24-18)22(27)14-28-20-5-2-1-4-16(20)13-26/h1-11,13,19H,12,14H2. The van der Waals surface area contributed by atoms with Crippen LogP contribution in [-0.4, -0.2) is 29.5 Å². The molecule has 0 saturated carbocycles. The van der Waals surface area contributed by atoms with Crippen LogP contribution in [0.25, 0.3) is 0 Å². The molecule has 0 fully saturated rings. The zero-order valence-electron chi connectivity index (χ0n) is 15.3. The van der Waals surface area contributed by atoms with Gasteiger partial charge in [0.2, 0.25) is 0 Å². The summed E-state index contributed by atoms with van der Waals surface area (Å²) in [6, 6.07) is 18.0. The molecule has 1 amide bonds. The van der Waals surface area contributed by atoms with Crippen LogP contribution in [0, 0.1) is 0 Å². The molecule has 4 rings (SSSR count). The molecule has 146 valence electrons. The summed E-state index contributed by atoms with van der Waals surface area (Å²) in [5, 5.41) is 8.71. The fraction of sp³-hybridized carbons (Fsp3) is 0.136. The highest BCUT2D eigenvalue weighted by Gasteiger charge is 2.34. The summed E-state index contributed by atoms with van der Waals surface area (Å²) in [5.41, 5.74) is 2.15. The highest BCUT2D eigenvalue weighted by Crippen LogP contribution is 2.35. The van der Waals surface area contributed by atoms with Gasteiger partial charge in [-0.25, -0.2) is 5.01 Å². The van der Waals surface area contributed by atoms with E-state index >= 15 is 0 Å². The van der Waals surface area contributed by atoms with Crippen LogP contribution in [0.1, 0.15) is 33.3 Å². The van der Waals surface area contributed by atoms with Gasteiger partial charge in [-0.1, -0.05) is 41.9 Å². The molecule has 0 radical (unpaired) electrons. The van der Waals surface area contributed by atoms with E-state index in [9.17, 15) is 9.59 Å². The predicted molar refractivity (Wildman–Crippen MR) is 114 cm³/mol. The number of thiophene rings is 1. The van der Waals surface area contributed by atoms with E-state index in [1.54, 1.807) is 35.6 Å². The molecule has 0 aliphatic carbocycles. The third kappa shape index (κ3) is 4.23. The van der Waals surface area contributed by atoms with Crippen molar-refractivity contribution >= 4 is 40.8 Å². The fourth-order valence-electron chi connectivity index (χ4n) is 3.17. The van der Waals surface area contributed by atoms with Gasteiger partial charge in [0.15, 0.2) is 12.9 Å². The molecular formula is C22H17ClN2O3S. The molecule has 1 unspecified atom stereocenters. The summed E-state index contributed by atoms with van der Waals surface area (Å²) in [7, 11) is 0. The second-order valence-electron chi connectivity index (χ2n) is 6.47. The van der Waals surface area contributed by atoms with Gasteiger partial charge in [-0.05, 0) is 41.3 Å². The largest absolute Gasteiger partial charge is 0.483 e. The van der Waals surface area contributed by atoms with E-state index in [1.807, 2.05) is 41.8 Å². The lowest BCUT2D eigenvalue weighted by Gasteiger charge is -2.21. The predicted octanol–water partition coefficient (Wildman–Crippen LogP) is 4.97. The quantitative estimate of drug-likeness (QED) is 0.525. The van der Waals surface area contributed by atoms with Gasteiger partial charge in [0.1, 0.15) is 5.75 Å². The second kappa shape index (κ2) is 8.59. The Hall–Kier alpha value is -2.96. The van der Waals surface area contributed by atoms with E-state index in [4.69, 9.17) is 16.3 Å². The van der Waals surface area contributed by atoms with E-state index in [-0.39, 0.29) is 18.6 Å². The van der Waals surface area contributed by atoms with Crippen LogP contribution < -0.4 is 4.74 Å². The van der Waals surface area contributed by atoms with Crippen molar-refractivity contribution in [3.63, 3.8) is 0 Å². The van der Waals surface area contributed by atoms with Gasteiger partial charge in [0, 0.05) is 16.3 Å². The molecule has 7 heteroatoms. The molecule has 0 saturated heterocycles. The summed E-state index contributed by atoms with van der Waals surface area (Å²) in [6.07, 6.45) is 1.32. The zero-order valence-corrected chi connectivity index (χ0v) is 16.9. The number of hydrazone groups is 1. The SMILES string of the molecule is O=Cc1ccccc1OCC(=O)N1N=C(c2ccc(Cl)cc2)CC1c1cccs1. The Bertz CT molecular complexity index is 1050. The van der Waals surface area contributed by atoms with Gasteiger partial charge in [-0.3, -0.25) is 9.59 Å². The Morgan fingerprint density at radius 3 is 2.69 bits per heavy atom. The normalized spacial score (nSPS) is 15.8. The molecule has 0 N–H and O–H groups in total. The van der Waals surface area contributed by atoms with E-state index in [0.717, 1.165) is 16.2 Å². The molecule has 0 bridgehead atoms. The maximum absolute atomic E-state index is 12.9. The Balaban J connectivity index is 1.56. The number of benzene rings is 2. The number of hydrogen-bond donors (Lipinski definition) is 0. The number of para-hydroxylation sites is 1. The van der Waals surface area contributed by atoms with Gasteiger partial charge >= 0.3 is 0 Å². The van der Waals surface area contributed by atoms with Crippen molar-refractivity contribution < 1.29 is 14.3 Å². The van der Waals surface area contributed by atoms with Gasteiger partial charge in [0.25, 0.3) is 5.91 Å². The minimum atomic E-state index is -0.270. The van der Waals surface area contributed by atoms with Gasteiger partial charge in [-0.2, -0.15) is 5.10 Å². The van der Waals surface area contributed by atoms with E-state index in [0.29, 0.717) is 29.0 Å². The van der Waals surface area contributed by atoms with E-state index in [1.165, 1.54) is 5.01 Å². The molecule has 1 aromatic heterocycles. The molecule has 29 heavy (non-hydrogen) atoms. The Kier molecular flexibility index (Phi) is 5.74. The number of ether oxygens (including phenoxy) is 1. The summed E-state index contributed by atoms with van der Waals surface area (Å²) < 4.78 is 5.62. The third-order valence-corrected chi connectivity index (χ3v) is 5.84. The average molecular weight is 425 g/mol. The van der Waals surface area contributed by atoms with Gasteiger partial charge in [0.05, 0.1) is 17.3 Å². The first-order chi connectivity index (χ1) is 14.2. The lowest BCUT2D eigenvalue weighted by Crippen LogP contribution is -2.31. The summed E-state index contributed by atoms with van der Waals surface area (Å²) >= 11 is 7.57. The Labute approximate surface area is 177 Å². The Morgan fingerprint density at radius 1 is 1.17 bits per heavy atom. The van der Waals surface area contributed by atoms with E-state index < -0.39 is 0 Å². The first-order valence-corrected chi connectivity index (χ1v) is 10.3. The average Bonchev–Trinajstić information content (AvgIpc) is 3.42. The molecule has 1 aliphatic heterocycles. The van der Waals surface area contributed by atoms with Gasteiger partial charge in [-0.15, -0.1) is 11.3 Å². The first kappa shape index (κ1) is 19.4. The molecule has 1 atom stereocenters. The molecule has 1 aliphatic rings. The smallest absolute Gasteiger partial charge is 0.281 e. The minimum Gasteiger partial charge on any atom is -0.483 e. The highest BCUT2D eigenvalue weighted by atomic mass is 35.5. The lowest BCUT2D eigenvalue weighted by atomic mass is 10.0. The summed E-state index contributed by atoms with van der Waals surface area (Å²) in [6.45, 7) is -0.204. The zero-order chi connectivity index (χ0) is 20.2. The van der Waals surface area contributed by atoms with Crippen LogP contribution in [-0.2, 0) is 4.79 Å². The van der Waals surface area contributed by atoms with Crippen LogP contribution in [0.2, 0.25) is 5.02 Å². The van der Waals surface area contributed by atoms with Crippen LogP contribution in [0.5, 0.6) is 5.75 Å².